The quantitative estimate of drug-likeness (QED) is 0.636. The maximum atomic E-state index is 12.9. The lowest BCUT2D eigenvalue weighted by Crippen LogP contribution is -2.14. The Hall–Kier alpha value is -2.80. The van der Waals surface area contributed by atoms with E-state index in [2.05, 4.69) is 34.6 Å². The van der Waals surface area contributed by atoms with Crippen LogP contribution in [-0.2, 0) is 24.1 Å². The van der Waals surface area contributed by atoms with Gasteiger partial charge in [0.15, 0.2) is 0 Å². The van der Waals surface area contributed by atoms with Gasteiger partial charge in [-0.25, -0.2) is 4.39 Å². The van der Waals surface area contributed by atoms with Crippen LogP contribution < -0.4 is 10.1 Å². The van der Waals surface area contributed by atoms with Gasteiger partial charge in [-0.2, -0.15) is 0 Å². The molecule has 0 radical (unpaired) electrons. The summed E-state index contributed by atoms with van der Waals surface area (Å²) in [4.78, 5) is 12.0. The molecule has 3 rings (SSSR count). The number of benzene rings is 2. The summed E-state index contributed by atoms with van der Waals surface area (Å²) in [5, 5.41) is 12.0. The van der Waals surface area contributed by atoms with E-state index in [-0.39, 0.29) is 18.1 Å². The van der Waals surface area contributed by atoms with Crippen molar-refractivity contribution in [3.8, 4) is 5.75 Å². The Morgan fingerprint density at radius 3 is 2.48 bits per heavy atom. The number of ether oxygens (including phenoxy) is 1. The van der Waals surface area contributed by atoms with Crippen LogP contribution in [-0.4, -0.2) is 22.7 Å². The summed E-state index contributed by atoms with van der Waals surface area (Å²) in [5.74, 6) is 0.289. The first kappa shape index (κ1) is 19.0. The van der Waals surface area contributed by atoms with Crippen LogP contribution in [0.2, 0.25) is 0 Å². The SMILES string of the molecule is CCc1ccc(OCCc2nnc(NC(=O)Cc3ccc(F)cc3)s2)cc1. The van der Waals surface area contributed by atoms with Gasteiger partial charge in [0.25, 0.3) is 0 Å². The van der Waals surface area contributed by atoms with Crippen molar-refractivity contribution in [3.05, 3.63) is 70.5 Å². The molecule has 5 nitrogen and oxygen atoms in total. The van der Waals surface area contributed by atoms with Crippen LogP contribution >= 0.6 is 11.3 Å². The average Bonchev–Trinajstić information content (AvgIpc) is 3.11. The van der Waals surface area contributed by atoms with Crippen LogP contribution in [0.15, 0.2) is 48.5 Å². The summed E-state index contributed by atoms with van der Waals surface area (Å²) in [5.41, 5.74) is 2.01. The van der Waals surface area contributed by atoms with Gasteiger partial charge >= 0.3 is 0 Å². The lowest BCUT2D eigenvalue weighted by molar-refractivity contribution is -0.115. The van der Waals surface area contributed by atoms with Crippen LogP contribution in [0.1, 0.15) is 23.1 Å². The second-order valence-corrected chi connectivity index (χ2v) is 7.01. The minimum Gasteiger partial charge on any atom is -0.493 e. The Labute approximate surface area is 161 Å². The Bertz CT molecular complexity index is 879. The van der Waals surface area contributed by atoms with E-state index in [9.17, 15) is 9.18 Å². The lowest BCUT2D eigenvalue weighted by atomic mass is 10.1. The number of nitrogens with zero attached hydrogens (tertiary/aromatic N) is 2. The highest BCUT2D eigenvalue weighted by Gasteiger charge is 2.09. The second kappa shape index (κ2) is 9.23. The van der Waals surface area contributed by atoms with Gasteiger partial charge in [-0.15, -0.1) is 10.2 Å². The smallest absolute Gasteiger partial charge is 0.230 e. The van der Waals surface area contributed by atoms with Crippen LogP contribution in [0, 0.1) is 5.82 Å². The molecule has 0 atom stereocenters. The number of halogens is 1. The highest BCUT2D eigenvalue weighted by Crippen LogP contribution is 2.17. The zero-order valence-corrected chi connectivity index (χ0v) is 15.8. The van der Waals surface area contributed by atoms with E-state index in [1.807, 2.05) is 12.1 Å². The average molecular weight is 385 g/mol. The monoisotopic (exact) mass is 385 g/mol. The molecule has 140 valence electrons. The first-order valence-electron chi connectivity index (χ1n) is 8.71. The lowest BCUT2D eigenvalue weighted by Gasteiger charge is -2.05. The molecule has 0 spiro atoms. The van der Waals surface area contributed by atoms with Crippen LogP contribution in [0.25, 0.3) is 0 Å². The molecule has 0 aliphatic rings. The van der Waals surface area contributed by atoms with Gasteiger partial charge in [-0.3, -0.25) is 4.79 Å². The van der Waals surface area contributed by atoms with Crippen LogP contribution in [0.3, 0.4) is 0 Å². The molecule has 1 N–H and O–H groups in total. The van der Waals surface area contributed by atoms with E-state index in [4.69, 9.17) is 4.74 Å². The summed E-state index contributed by atoms with van der Waals surface area (Å²) in [6.07, 6.45) is 1.77. The first-order chi connectivity index (χ1) is 13.1. The molecule has 0 saturated heterocycles. The highest BCUT2D eigenvalue weighted by atomic mass is 32.1. The number of nitrogens with one attached hydrogen (secondary N) is 1. The van der Waals surface area contributed by atoms with Gasteiger partial charge in [-0.1, -0.05) is 42.5 Å². The van der Waals surface area contributed by atoms with E-state index in [0.717, 1.165) is 22.7 Å². The third-order valence-electron chi connectivity index (χ3n) is 3.91. The van der Waals surface area contributed by atoms with E-state index < -0.39 is 0 Å². The van der Waals surface area contributed by atoms with Crippen molar-refractivity contribution < 1.29 is 13.9 Å². The molecule has 0 saturated carbocycles. The van der Waals surface area contributed by atoms with E-state index >= 15 is 0 Å². The molecule has 3 aromatic rings. The van der Waals surface area contributed by atoms with Gasteiger partial charge in [0.1, 0.15) is 16.6 Å². The normalized spacial score (nSPS) is 10.6. The zero-order chi connectivity index (χ0) is 19.1. The number of rotatable bonds is 8. The minimum absolute atomic E-state index is 0.159. The van der Waals surface area contributed by atoms with Crippen molar-refractivity contribution in [1.29, 1.82) is 0 Å². The number of carbonyl (C=O) groups is 1. The number of aromatic nitrogens is 2. The number of hydrogen-bond donors (Lipinski definition) is 1. The van der Waals surface area contributed by atoms with Crippen molar-refractivity contribution in [1.82, 2.24) is 10.2 Å². The molecule has 27 heavy (non-hydrogen) atoms. The molecule has 2 aromatic carbocycles. The van der Waals surface area contributed by atoms with Gasteiger partial charge in [0.2, 0.25) is 11.0 Å². The maximum Gasteiger partial charge on any atom is 0.230 e. The largest absolute Gasteiger partial charge is 0.493 e. The molecule has 0 fully saturated rings. The van der Waals surface area contributed by atoms with Gasteiger partial charge in [0, 0.05) is 6.42 Å². The van der Waals surface area contributed by atoms with Gasteiger partial charge in [0.05, 0.1) is 13.0 Å². The summed E-state index contributed by atoms with van der Waals surface area (Å²) in [7, 11) is 0. The Kier molecular flexibility index (Phi) is 6.49. The molecule has 0 aliphatic heterocycles. The van der Waals surface area contributed by atoms with Crippen LogP contribution in [0.4, 0.5) is 9.52 Å². The molecule has 1 amide bonds. The highest BCUT2D eigenvalue weighted by molar-refractivity contribution is 7.15. The summed E-state index contributed by atoms with van der Waals surface area (Å²) >= 11 is 1.32. The number of aryl methyl sites for hydroxylation is 1. The first-order valence-corrected chi connectivity index (χ1v) is 9.52. The fraction of sp³-hybridized carbons (Fsp3) is 0.250. The molecule has 1 heterocycles. The van der Waals surface area contributed by atoms with Crippen molar-refractivity contribution >= 4 is 22.4 Å². The summed E-state index contributed by atoms with van der Waals surface area (Å²) < 4.78 is 18.6. The Balaban J connectivity index is 1.44. The third kappa shape index (κ3) is 5.86. The van der Waals surface area contributed by atoms with Crippen molar-refractivity contribution in [2.75, 3.05) is 11.9 Å². The second-order valence-electron chi connectivity index (χ2n) is 5.95. The molecule has 0 aliphatic carbocycles. The molecule has 1 aromatic heterocycles. The van der Waals surface area contributed by atoms with E-state index in [1.54, 1.807) is 12.1 Å². The minimum atomic E-state index is -0.323. The fourth-order valence-corrected chi connectivity index (χ4v) is 3.17. The molecular weight excluding hydrogens is 365 g/mol. The molecular formula is C20H20FN3O2S. The molecule has 0 unspecified atom stereocenters. The predicted molar refractivity (Wildman–Crippen MR) is 104 cm³/mol. The Morgan fingerprint density at radius 2 is 1.78 bits per heavy atom. The summed E-state index contributed by atoms with van der Waals surface area (Å²) in [6, 6.07) is 13.9. The van der Waals surface area contributed by atoms with Crippen LogP contribution in [0.5, 0.6) is 5.75 Å². The van der Waals surface area contributed by atoms with Gasteiger partial charge < -0.3 is 10.1 Å². The van der Waals surface area contributed by atoms with E-state index in [0.29, 0.717) is 18.2 Å². The van der Waals surface area contributed by atoms with Crippen molar-refractivity contribution in [3.63, 3.8) is 0 Å². The van der Waals surface area contributed by atoms with Crippen molar-refractivity contribution in [2.24, 2.45) is 0 Å². The fourth-order valence-electron chi connectivity index (χ4n) is 2.43. The van der Waals surface area contributed by atoms with Crippen molar-refractivity contribution in [2.45, 2.75) is 26.2 Å². The number of anilines is 1. The third-order valence-corrected chi connectivity index (χ3v) is 4.81. The predicted octanol–water partition coefficient (Wildman–Crippen LogP) is 4.04. The maximum absolute atomic E-state index is 12.9. The van der Waals surface area contributed by atoms with Gasteiger partial charge in [-0.05, 0) is 41.8 Å². The number of hydrogen-bond acceptors (Lipinski definition) is 5. The molecule has 7 heteroatoms. The standard InChI is InChI=1S/C20H20FN3O2S/c1-2-14-5-9-17(10-6-14)26-12-11-19-23-24-20(27-19)22-18(25)13-15-3-7-16(21)8-4-15/h3-10H,2,11-13H2,1H3,(H,22,24,25). The number of carbonyl (C=O) groups excluding carboxylic acids is 1. The summed E-state index contributed by atoms with van der Waals surface area (Å²) in [6.45, 7) is 2.60. The Morgan fingerprint density at radius 1 is 1.07 bits per heavy atom. The zero-order valence-electron chi connectivity index (χ0n) is 14.9. The molecule has 0 bridgehead atoms. The van der Waals surface area contributed by atoms with E-state index in [1.165, 1.54) is 29.0 Å². The topological polar surface area (TPSA) is 64.1 Å². The number of amides is 1.